The highest BCUT2D eigenvalue weighted by atomic mass is 35.5. The van der Waals surface area contributed by atoms with E-state index in [9.17, 15) is 18.0 Å². The van der Waals surface area contributed by atoms with Crippen molar-refractivity contribution in [3.05, 3.63) is 58.6 Å². The number of sulfonamides is 1. The predicted molar refractivity (Wildman–Crippen MR) is 130 cm³/mol. The van der Waals surface area contributed by atoms with Crippen molar-refractivity contribution >= 4 is 39.1 Å². The van der Waals surface area contributed by atoms with Gasteiger partial charge in [-0.1, -0.05) is 44.5 Å². The molecule has 33 heavy (non-hydrogen) atoms. The largest absolute Gasteiger partial charge is 0.351 e. The van der Waals surface area contributed by atoms with Crippen molar-refractivity contribution < 1.29 is 18.0 Å². The number of rotatable bonds is 9. The molecule has 0 aliphatic carbocycles. The number of carbonyl (C=O) groups excluding carboxylic acids is 2. The van der Waals surface area contributed by atoms with Gasteiger partial charge in [0.15, 0.2) is 0 Å². The highest BCUT2D eigenvalue weighted by Gasteiger charge is 2.29. The molecule has 0 aromatic heterocycles. The highest BCUT2D eigenvalue weighted by Crippen LogP contribution is 2.30. The third-order valence-electron chi connectivity index (χ3n) is 5.56. The normalized spacial score (nSPS) is 14.3. The second-order valence-electron chi connectivity index (χ2n) is 8.59. The molecule has 0 fully saturated rings. The summed E-state index contributed by atoms with van der Waals surface area (Å²) in [5, 5.41) is 3.41. The van der Waals surface area contributed by atoms with Crippen molar-refractivity contribution in [2.75, 3.05) is 11.4 Å². The fourth-order valence-electron chi connectivity index (χ4n) is 3.85. The van der Waals surface area contributed by atoms with Crippen LogP contribution in [-0.4, -0.2) is 32.8 Å². The molecule has 2 amide bonds. The van der Waals surface area contributed by atoms with Gasteiger partial charge in [-0.15, -0.1) is 0 Å². The van der Waals surface area contributed by atoms with Crippen LogP contribution in [0.5, 0.6) is 0 Å². The van der Waals surface area contributed by atoms with Gasteiger partial charge in [-0.05, 0) is 60.2 Å². The second kappa shape index (κ2) is 10.7. The van der Waals surface area contributed by atoms with Crippen LogP contribution in [0.2, 0.25) is 5.02 Å². The standard InChI is InChI=1S/C24H30ClN3O4S/c1-4-23(29)28-12-11-18-14-20(9-10-22(18)28)33(31,32)27-21(13-16(2)3)24(30)26-15-17-5-7-19(25)8-6-17/h5-10,14,16,21,27H,4,11-13,15H2,1-3H3,(H,26,30). The minimum absolute atomic E-state index is 0.0110. The predicted octanol–water partition coefficient (Wildman–Crippen LogP) is 3.65. The summed E-state index contributed by atoms with van der Waals surface area (Å²) in [6.07, 6.45) is 1.35. The smallest absolute Gasteiger partial charge is 0.241 e. The minimum Gasteiger partial charge on any atom is -0.351 e. The van der Waals surface area contributed by atoms with Crippen LogP contribution in [-0.2, 0) is 32.6 Å². The lowest BCUT2D eigenvalue weighted by atomic mass is 10.0. The average molecular weight is 492 g/mol. The lowest BCUT2D eigenvalue weighted by molar-refractivity contribution is -0.123. The van der Waals surface area contributed by atoms with Gasteiger partial charge in [0.1, 0.15) is 6.04 Å². The SMILES string of the molecule is CCC(=O)N1CCc2cc(S(=O)(=O)NC(CC(C)C)C(=O)NCc3ccc(Cl)cc3)ccc21. The molecular weight excluding hydrogens is 462 g/mol. The first-order valence-electron chi connectivity index (χ1n) is 11.1. The molecule has 1 heterocycles. The Morgan fingerprint density at radius 1 is 1.12 bits per heavy atom. The van der Waals surface area contributed by atoms with Crippen molar-refractivity contribution in [3.63, 3.8) is 0 Å². The number of halogens is 1. The van der Waals surface area contributed by atoms with Crippen molar-refractivity contribution in [2.24, 2.45) is 5.92 Å². The number of fused-ring (bicyclic) bond motifs is 1. The topological polar surface area (TPSA) is 95.6 Å². The van der Waals surface area contributed by atoms with Crippen LogP contribution >= 0.6 is 11.6 Å². The Balaban J connectivity index is 1.74. The van der Waals surface area contributed by atoms with Gasteiger partial charge in [-0.3, -0.25) is 9.59 Å². The van der Waals surface area contributed by atoms with E-state index in [1.807, 2.05) is 13.8 Å². The summed E-state index contributed by atoms with van der Waals surface area (Å²) in [6, 6.07) is 10.9. The molecule has 3 rings (SSSR count). The Bertz CT molecular complexity index is 1120. The molecule has 0 saturated heterocycles. The Kier molecular flexibility index (Phi) is 8.15. The number of carbonyl (C=O) groups is 2. The van der Waals surface area contributed by atoms with E-state index in [0.29, 0.717) is 30.8 Å². The van der Waals surface area contributed by atoms with Gasteiger partial charge < -0.3 is 10.2 Å². The Morgan fingerprint density at radius 3 is 2.45 bits per heavy atom. The first-order chi connectivity index (χ1) is 15.6. The monoisotopic (exact) mass is 491 g/mol. The Labute approximate surface area is 200 Å². The zero-order valence-corrected chi connectivity index (χ0v) is 20.7. The molecule has 178 valence electrons. The van der Waals surface area contributed by atoms with Gasteiger partial charge in [0.05, 0.1) is 4.90 Å². The van der Waals surface area contributed by atoms with Crippen molar-refractivity contribution in [1.82, 2.24) is 10.0 Å². The van der Waals surface area contributed by atoms with E-state index in [1.54, 1.807) is 48.2 Å². The summed E-state index contributed by atoms with van der Waals surface area (Å²) in [4.78, 5) is 26.7. The maximum absolute atomic E-state index is 13.1. The molecule has 0 bridgehead atoms. The molecule has 2 N–H and O–H groups in total. The lowest BCUT2D eigenvalue weighted by Gasteiger charge is -2.21. The Hall–Kier alpha value is -2.42. The van der Waals surface area contributed by atoms with E-state index in [0.717, 1.165) is 16.8 Å². The number of nitrogens with zero attached hydrogens (tertiary/aromatic N) is 1. The number of anilines is 1. The summed E-state index contributed by atoms with van der Waals surface area (Å²) in [5.41, 5.74) is 2.43. The number of amides is 2. The van der Waals surface area contributed by atoms with Crippen molar-refractivity contribution in [2.45, 2.75) is 57.5 Å². The molecule has 9 heteroatoms. The summed E-state index contributed by atoms with van der Waals surface area (Å²) in [5.74, 6) is -0.271. The lowest BCUT2D eigenvalue weighted by Crippen LogP contribution is -2.47. The molecule has 2 aromatic rings. The zero-order chi connectivity index (χ0) is 24.2. The highest BCUT2D eigenvalue weighted by molar-refractivity contribution is 7.89. The van der Waals surface area contributed by atoms with Gasteiger partial charge in [-0.2, -0.15) is 4.72 Å². The van der Waals surface area contributed by atoms with E-state index in [4.69, 9.17) is 11.6 Å². The maximum Gasteiger partial charge on any atom is 0.241 e. The molecule has 2 aromatic carbocycles. The van der Waals surface area contributed by atoms with Crippen LogP contribution < -0.4 is 14.9 Å². The van der Waals surface area contributed by atoms with Crippen LogP contribution in [0.15, 0.2) is 47.4 Å². The van der Waals surface area contributed by atoms with Crippen molar-refractivity contribution in [1.29, 1.82) is 0 Å². The first kappa shape index (κ1) is 25.2. The summed E-state index contributed by atoms with van der Waals surface area (Å²) in [7, 11) is -3.94. The van der Waals surface area contributed by atoms with Crippen LogP contribution in [0.4, 0.5) is 5.69 Å². The second-order valence-corrected chi connectivity index (χ2v) is 10.7. The van der Waals surface area contributed by atoms with Crippen LogP contribution in [0, 0.1) is 5.92 Å². The third-order valence-corrected chi connectivity index (χ3v) is 7.28. The number of hydrogen-bond acceptors (Lipinski definition) is 4. The van der Waals surface area contributed by atoms with E-state index in [-0.39, 0.29) is 29.2 Å². The molecular formula is C24H30ClN3O4S. The number of nitrogens with one attached hydrogen (secondary N) is 2. The summed E-state index contributed by atoms with van der Waals surface area (Å²) in [6.45, 7) is 6.48. The zero-order valence-electron chi connectivity index (χ0n) is 19.1. The van der Waals surface area contributed by atoms with Crippen LogP contribution in [0.1, 0.15) is 44.7 Å². The fourth-order valence-corrected chi connectivity index (χ4v) is 5.23. The molecule has 0 saturated carbocycles. The Morgan fingerprint density at radius 2 is 1.82 bits per heavy atom. The van der Waals surface area contributed by atoms with E-state index >= 15 is 0 Å². The molecule has 0 radical (unpaired) electrons. The maximum atomic E-state index is 13.1. The summed E-state index contributed by atoms with van der Waals surface area (Å²) < 4.78 is 28.8. The van der Waals surface area contributed by atoms with Gasteiger partial charge in [0.2, 0.25) is 21.8 Å². The third kappa shape index (κ3) is 6.34. The fraction of sp³-hybridized carbons (Fsp3) is 0.417. The quantitative estimate of drug-likeness (QED) is 0.559. The number of hydrogen-bond donors (Lipinski definition) is 2. The molecule has 1 atom stereocenters. The van der Waals surface area contributed by atoms with Crippen LogP contribution in [0.25, 0.3) is 0 Å². The molecule has 1 aliphatic rings. The van der Waals surface area contributed by atoms with Gasteiger partial charge in [-0.25, -0.2) is 8.42 Å². The first-order valence-corrected chi connectivity index (χ1v) is 12.9. The van der Waals surface area contributed by atoms with Gasteiger partial charge in [0.25, 0.3) is 0 Å². The van der Waals surface area contributed by atoms with Gasteiger partial charge >= 0.3 is 0 Å². The molecule has 1 unspecified atom stereocenters. The number of benzene rings is 2. The van der Waals surface area contributed by atoms with Gasteiger partial charge in [0, 0.05) is 30.2 Å². The summed E-state index contributed by atoms with van der Waals surface area (Å²) >= 11 is 5.90. The van der Waals surface area contributed by atoms with Crippen molar-refractivity contribution in [3.8, 4) is 0 Å². The van der Waals surface area contributed by atoms with E-state index in [1.165, 1.54) is 6.07 Å². The van der Waals surface area contributed by atoms with E-state index < -0.39 is 16.1 Å². The molecule has 0 spiro atoms. The molecule has 1 aliphatic heterocycles. The average Bonchev–Trinajstić information content (AvgIpc) is 3.20. The minimum atomic E-state index is -3.94. The van der Waals surface area contributed by atoms with Crippen LogP contribution in [0.3, 0.4) is 0 Å². The molecule has 7 nitrogen and oxygen atoms in total. The van der Waals surface area contributed by atoms with E-state index in [2.05, 4.69) is 10.0 Å².